The number of carboxylic acid groups (broad SMARTS) is 2. The lowest BCUT2D eigenvalue weighted by Crippen LogP contribution is -1.97. The normalized spacial score (nSPS) is 8.22. The molecule has 0 aliphatic carbocycles. The smallest absolute Gasteiger partial charge is 0.300 e. The van der Waals surface area contributed by atoms with Gasteiger partial charge >= 0.3 is 0 Å². The molecule has 18 heavy (non-hydrogen) atoms. The highest BCUT2D eigenvalue weighted by molar-refractivity contribution is 5.64. The minimum absolute atomic E-state index is 0.767. The molecule has 102 valence electrons. The van der Waals surface area contributed by atoms with Crippen LogP contribution in [0.15, 0.2) is 12.1 Å². The fourth-order valence-electron chi connectivity index (χ4n) is 0.881. The number of rotatable bonds is 0. The molecule has 0 amide bonds. The molecular formula is C12H20N2O4. The van der Waals surface area contributed by atoms with E-state index in [2.05, 4.69) is 0 Å². The molecule has 0 atom stereocenters. The summed E-state index contributed by atoms with van der Waals surface area (Å²) in [6.07, 6.45) is 0. The molecular weight excluding hydrogens is 236 g/mol. The quantitative estimate of drug-likeness (QED) is 0.523. The zero-order chi connectivity index (χ0) is 14.9. The highest BCUT2D eigenvalue weighted by atomic mass is 16.4. The van der Waals surface area contributed by atoms with E-state index >= 15 is 0 Å². The molecule has 1 rings (SSSR count). The zero-order valence-corrected chi connectivity index (χ0v) is 11.0. The second-order valence-electron chi connectivity index (χ2n) is 3.55. The average molecular weight is 256 g/mol. The molecule has 0 unspecified atom stereocenters. The minimum Gasteiger partial charge on any atom is -0.481 e. The van der Waals surface area contributed by atoms with E-state index in [0.29, 0.717) is 0 Å². The van der Waals surface area contributed by atoms with Gasteiger partial charge in [0.15, 0.2) is 0 Å². The van der Waals surface area contributed by atoms with Crippen LogP contribution in [0.3, 0.4) is 0 Å². The lowest BCUT2D eigenvalue weighted by Gasteiger charge is -2.05. The molecule has 0 saturated carbocycles. The Morgan fingerprint density at radius 3 is 1.61 bits per heavy atom. The molecule has 6 nitrogen and oxygen atoms in total. The fourth-order valence-corrected chi connectivity index (χ4v) is 0.881. The van der Waals surface area contributed by atoms with E-state index in [-0.39, 0.29) is 0 Å². The van der Waals surface area contributed by atoms with E-state index in [1.807, 2.05) is 26.0 Å². The summed E-state index contributed by atoms with van der Waals surface area (Å²) in [5, 5.41) is 14.8. The van der Waals surface area contributed by atoms with Crippen LogP contribution in [-0.4, -0.2) is 22.2 Å². The van der Waals surface area contributed by atoms with Crippen molar-refractivity contribution in [3.05, 3.63) is 23.3 Å². The van der Waals surface area contributed by atoms with Crippen molar-refractivity contribution in [3.63, 3.8) is 0 Å². The van der Waals surface area contributed by atoms with Gasteiger partial charge in [-0.3, -0.25) is 9.59 Å². The van der Waals surface area contributed by atoms with Crippen molar-refractivity contribution in [2.75, 3.05) is 11.5 Å². The van der Waals surface area contributed by atoms with E-state index in [1.54, 1.807) is 0 Å². The Morgan fingerprint density at radius 2 is 1.33 bits per heavy atom. The van der Waals surface area contributed by atoms with Gasteiger partial charge in [0, 0.05) is 25.2 Å². The van der Waals surface area contributed by atoms with Crippen molar-refractivity contribution in [2.45, 2.75) is 27.7 Å². The Hall–Kier alpha value is -2.24. The third-order valence-corrected chi connectivity index (χ3v) is 1.77. The lowest BCUT2D eigenvalue weighted by atomic mass is 10.1. The van der Waals surface area contributed by atoms with E-state index in [4.69, 9.17) is 31.3 Å². The molecule has 0 heterocycles. The molecule has 0 aliphatic rings. The van der Waals surface area contributed by atoms with E-state index in [0.717, 1.165) is 36.3 Å². The van der Waals surface area contributed by atoms with Crippen molar-refractivity contribution < 1.29 is 19.8 Å². The molecule has 0 saturated heterocycles. The maximum Gasteiger partial charge on any atom is 0.300 e. The standard InChI is InChI=1S/C8H12N2.2C2H4O2/c1-5-3-4-7(9)6(2)8(5)10;2*1-2(3)4/h3-4H,9-10H2,1-2H3;2*1H3,(H,3,4). The second-order valence-corrected chi connectivity index (χ2v) is 3.55. The molecule has 0 radical (unpaired) electrons. The maximum absolute atomic E-state index is 9.00. The first-order valence-electron chi connectivity index (χ1n) is 5.09. The molecule has 6 heteroatoms. The number of nitrogens with two attached hydrogens (primary N) is 2. The number of carbonyl (C=O) groups is 2. The van der Waals surface area contributed by atoms with Crippen LogP contribution in [0.1, 0.15) is 25.0 Å². The first-order chi connectivity index (χ1) is 8.09. The van der Waals surface area contributed by atoms with Gasteiger partial charge in [-0.15, -0.1) is 0 Å². The molecule has 0 fully saturated rings. The van der Waals surface area contributed by atoms with Crippen molar-refractivity contribution in [3.8, 4) is 0 Å². The van der Waals surface area contributed by atoms with Crippen molar-refractivity contribution >= 4 is 23.3 Å². The van der Waals surface area contributed by atoms with Gasteiger partial charge in [0.05, 0.1) is 0 Å². The zero-order valence-electron chi connectivity index (χ0n) is 11.0. The summed E-state index contributed by atoms with van der Waals surface area (Å²) >= 11 is 0. The van der Waals surface area contributed by atoms with Crippen LogP contribution < -0.4 is 11.5 Å². The van der Waals surface area contributed by atoms with Crippen molar-refractivity contribution in [1.82, 2.24) is 0 Å². The fraction of sp³-hybridized carbons (Fsp3) is 0.333. The summed E-state index contributed by atoms with van der Waals surface area (Å²) in [6.45, 7) is 6.07. The topological polar surface area (TPSA) is 127 Å². The average Bonchev–Trinajstić information content (AvgIpc) is 2.19. The number of aryl methyl sites for hydroxylation is 1. The SMILES string of the molecule is CC(=O)O.CC(=O)O.Cc1ccc(N)c(C)c1N. The first-order valence-corrected chi connectivity index (χ1v) is 5.09. The van der Waals surface area contributed by atoms with Gasteiger partial charge in [-0.25, -0.2) is 0 Å². The van der Waals surface area contributed by atoms with Crippen LogP contribution in [0.2, 0.25) is 0 Å². The highest BCUT2D eigenvalue weighted by Gasteiger charge is 1.99. The van der Waals surface area contributed by atoms with Crippen molar-refractivity contribution in [1.29, 1.82) is 0 Å². The van der Waals surface area contributed by atoms with Crippen LogP contribution in [-0.2, 0) is 9.59 Å². The summed E-state index contributed by atoms with van der Waals surface area (Å²) in [6, 6.07) is 3.80. The van der Waals surface area contributed by atoms with Crippen LogP contribution in [0.25, 0.3) is 0 Å². The van der Waals surface area contributed by atoms with Crippen LogP contribution in [0, 0.1) is 13.8 Å². The predicted molar refractivity (Wildman–Crippen MR) is 71.4 cm³/mol. The Kier molecular flexibility index (Phi) is 8.93. The largest absolute Gasteiger partial charge is 0.481 e. The van der Waals surface area contributed by atoms with Crippen LogP contribution in [0.5, 0.6) is 0 Å². The minimum atomic E-state index is -0.833. The first kappa shape index (κ1) is 18.1. The van der Waals surface area contributed by atoms with Crippen LogP contribution in [0.4, 0.5) is 11.4 Å². The predicted octanol–water partition coefficient (Wildman–Crippen LogP) is 1.65. The molecule has 0 spiro atoms. The van der Waals surface area contributed by atoms with Gasteiger partial charge in [0.1, 0.15) is 0 Å². The molecule has 0 aromatic heterocycles. The number of anilines is 2. The molecule has 1 aromatic rings. The third kappa shape index (κ3) is 10.3. The summed E-state index contributed by atoms with van der Waals surface area (Å²) in [4.78, 5) is 18.0. The maximum atomic E-state index is 9.00. The summed E-state index contributed by atoms with van der Waals surface area (Å²) in [7, 11) is 0. The van der Waals surface area contributed by atoms with E-state index < -0.39 is 11.9 Å². The molecule has 0 aliphatic heterocycles. The second kappa shape index (κ2) is 8.86. The van der Waals surface area contributed by atoms with E-state index in [1.165, 1.54) is 0 Å². The molecule has 1 aromatic carbocycles. The number of carboxylic acids is 2. The Balaban J connectivity index is 0. The number of benzene rings is 1. The number of hydrogen-bond donors (Lipinski definition) is 4. The lowest BCUT2D eigenvalue weighted by molar-refractivity contribution is -0.135. The van der Waals surface area contributed by atoms with Gasteiger partial charge in [-0.05, 0) is 31.0 Å². The Labute approximate surface area is 106 Å². The molecule has 6 N–H and O–H groups in total. The van der Waals surface area contributed by atoms with Crippen LogP contribution >= 0.6 is 0 Å². The van der Waals surface area contributed by atoms with Crippen molar-refractivity contribution in [2.24, 2.45) is 0 Å². The third-order valence-electron chi connectivity index (χ3n) is 1.77. The van der Waals surface area contributed by atoms with E-state index in [9.17, 15) is 0 Å². The Morgan fingerprint density at radius 1 is 1.00 bits per heavy atom. The van der Waals surface area contributed by atoms with Gasteiger partial charge < -0.3 is 21.7 Å². The number of aliphatic carboxylic acids is 2. The van der Waals surface area contributed by atoms with Gasteiger partial charge in [-0.1, -0.05) is 6.07 Å². The summed E-state index contributed by atoms with van der Waals surface area (Å²) in [5.74, 6) is -1.67. The Bertz CT molecular complexity index is 370. The number of nitrogen functional groups attached to an aromatic ring is 2. The van der Waals surface area contributed by atoms with Gasteiger partial charge in [0.2, 0.25) is 0 Å². The van der Waals surface area contributed by atoms with Gasteiger partial charge in [-0.2, -0.15) is 0 Å². The number of hydrogen-bond acceptors (Lipinski definition) is 4. The highest BCUT2D eigenvalue weighted by Crippen LogP contribution is 2.21. The molecule has 0 bridgehead atoms. The monoisotopic (exact) mass is 256 g/mol. The van der Waals surface area contributed by atoms with Gasteiger partial charge in [0.25, 0.3) is 11.9 Å². The summed E-state index contributed by atoms with van der Waals surface area (Å²) < 4.78 is 0. The summed E-state index contributed by atoms with van der Waals surface area (Å²) in [5.41, 5.74) is 15.0.